The first-order valence-corrected chi connectivity index (χ1v) is 3.11. The lowest BCUT2D eigenvalue weighted by Gasteiger charge is -1.90. The number of rotatable bonds is 0. The largest absolute Gasteiger partial charge is 1.00 e. The van der Waals surface area contributed by atoms with Gasteiger partial charge in [0.1, 0.15) is 0 Å². The van der Waals surface area contributed by atoms with E-state index in [9.17, 15) is 0 Å². The summed E-state index contributed by atoms with van der Waals surface area (Å²) in [7, 11) is 0. The van der Waals surface area contributed by atoms with Crippen LogP contribution in [-0.4, -0.2) is 9.97 Å². The van der Waals surface area contributed by atoms with Crippen LogP contribution >= 0.6 is 0 Å². The minimum absolute atomic E-state index is 0. The van der Waals surface area contributed by atoms with Crippen molar-refractivity contribution in [2.75, 3.05) is 0 Å². The normalized spacial score (nSPS) is 10.0. The second-order valence-electron chi connectivity index (χ2n) is 2.07. The van der Waals surface area contributed by atoms with Gasteiger partial charge in [-0.1, -0.05) is 0 Å². The molecule has 0 aliphatic rings. The monoisotopic (exact) mass is 131 g/mol. The van der Waals surface area contributed by atoms with Crippen LogP contribution in [0.4, 0.5) is 0 Å². The van der Waals surface area contributed by atoms with E-state index in [1.54, 1.807) is 12.4 Å². The molecule has 0 spiro atoms. The molecule has 0 radical (unpaired) electrons. The Morgan fingerprint density at radius 3 is 3.10 bits per heavy atom. The highest BCUT2D eigenvalue weighted by atomic mass is 14.7. The molecule has 0 atom stereocenters. The van der Waals surface area contributed by atoms with Crippen LogP contribution in [-0.2, 0) is 0 Å². The third-order valence-corrected chi connectivity index (χ3v) is 1.40. The highest BCUT2D eigenvalue weighted by molar-refractivity contribution is 5.76. The second-order valence-corrected chi connectivity index (χ2v) is 2.07. The second kappa shape index (κ2) is 2.06. The Labute approximate surface area is 60.0 Å². The maximum Gasteiger partial charge on any atom is 1.00 e. The topological polar surface area (TPSA) is 25.8 Å². The van der Waals surface area contributed by atoms with Crippen LogP contribution in [0.15, 0.2) is 36.8 Å². The van der Waals surface area contributed by atoms with Gasteiger partial charge in [-0.2, -0.15) is 0 Å². The summed E-state index contributed by atoms with van der Waals surface area (Å²) in [4.78, 5) is 8.11. The molecule has 2 heterocycles. The lowest BCUT2D eigenvalue weighted by Crippen LogP contribution is -1.76. The molecular weight excluding hydrogens is 124 g/mol. The Kier molecular flexibility index (Phi) is 1.10. The van der Waals surface area contributed by atoms with Crippen LogP contribution in [0.2, 0.25) is 0 Å². The van der Waals surface area contributed by atoms with Crippen LogP contribution in [0.25, 0.3) is 10.9 Å². The molecule has 0 fully saturated rings. The highest BCUT2D eigenvalue weighted by Crippen LogP contribution is 2.05. The molecule has 0 aromatic carbocycles. The standard InChI is InChI=1S/C8H6N2/c1-2-7-6-9-5-3-8(7)10-4-1/h1-6H/p+1. The van der Waals surface area contributed by atoms with Crippen molar-refractivity contribution in [3.63, 3.8) is 0 Å². The Morgan fingerprint density at radius 2 is 2.20 bits per heavy atom. The summed E-state index contributed by atoms with van der Waals surface area (Å²) >= 11 is 0. The summed E-state index contributed by atoms with van der Waals surface area (Å²) < 4.78 is 0. The summed E-state index contributed by atoms with van der Waals surface area (Å²) in [5.74, 6) is 0. The van der Waals surface area contributed by atoms with E-state index in [1.807, 2.05) is 24.4 Å². The molecule has 0 amide bonds. The molecule has 0 N–H and O–H groups in total. The lowest BCUT2D eigenvalue weighted by molar-refractivity contribution is 1.32. The third-order valence-electron chi connectivity index (χ3n) is 1.40. The van der Waals surface area contributed by atoms with Crippen LogP contribution in [0.3, 0.4) is 0 Å². The van der Waals surface area contributed by atoms with Crippen LogP contribution in [0.1, 0.15) is 1.43 Å². The molecule has 0 aliphatic heterocycles. The molecule has 10 heavy (non-hydrogen) atoms. The summed E-state index contributed by atoms with van der Waals surface area (Å²) in [5.41, 5.74) is 0.998. The zero-order valence-electron chi connectivity index (χ0n) is 6.36. The van der Waals surface area contributed by atoms with Gasteiger partial charge in [-0.05, 0) is 18.2 Å². The molecule has 0 aliphatic carbocycles. The van der Waals surface area contributed by atoms with E-state index in [0.717, 1.165) is 10.9 Å². The van der Waals surface area contributed by atoms with Crippen LogP contribution < -0.4 is 0 Å². The van der Waals surface area contributed by atoms with Crippen molar-refractivity contribution in [1.29, 1.82) is 0 Å². The third kappa shape index (κ3) is 0.739. The number of hydrogen-bond acceptors (Lipinski definition) is 2. The maximum absolute atomic E-state index is 4.14. The van der Waals surface area contributed by atoms with Crippen molar-refractivity contribution >= 4 is 10.9 Å². The van der Waals surface area contributed by atoms with Crippen molar-refractivity contribution in [3.05, 3.63) is 36.8 Å². The first-order valence-electron chi connectivity index (χ1n) is 3.11. The molecule has 0 saturated carbocycles. The van der Waals surface area contributed by atoms with Gasteiger partial charge in [0.2, 0.25) is 0 Å². The van der Waals surface area contributed by atoms with Gasteiger partial charge in [0, 0.05) is 24.0 Å². The Morgan fingerprint density at radius 1 is 1.20 bits per heavy atom. The Hall–Kier alpha value is -1.44. The fraction of sp³-hybridized carbons (Fsp3) is 0. The molecule has 0 bridgehead atoms. The lowest BCUT2D eigenvalue weighted by atomic mass is 10.3. The maximum atomic E-state index is 4.14. The summed E-state index contributed by atoms with van der Waals surface area (Å²) in [6, 6.07) is 5.80. The van der Waals surface area contributed by atoms with E-state index in [4.69, 9.17) is 0 Å². The zero-order valence-corrected chi connectivity index (χ0v) is 5.36. The van der Waals surface area contributed by atoms with Gasteiger partial charge in [0.05, 0.1) is 5.52 Å². The quantitative estimate of drug-likeness (QED) is 0.544. The molecular formula is C8H7N2+. The number of nitrogens with zero attached hydrogens (tertiary/aromatic N) is 2. The van der Waals surface area contributed by atoms with E-state index in [2.05, 4.69) is 9.97 Å². The fourth-order valence-corrected chi connectivity index (χ4v) is 0.915. The molecule has 48 valence electrons. The van der Waals surface area contributed by atoms with Crippen LogP contribution in [0.5, 0.6) is 0 Å². The first kappa shape index (κ1) is 5.35. The van der Waals surface area contributed by atoms with Crippen molar-refractivity contribution < 1.29 is 1.43 Å². The van der Waals surface area contributed by atoms with Crippen molar-refractivity contribution in [2.45, 2.75) is 0 Å². The molecule has 0 saturated heterocycles. The van der Waals surface area contributed by atoms with E-state index >= 15 is 0 Å². The van der Waals surface area contributed by atoms with Gasteiger partial charge in [0.25, 0.3) is 0 Å². The minimum atomic E-state index is 0. The number of pyridine rings is 2. The predicted molar refractivity (Wildman–Crippen MR) is 40.7 cm³/mol. The van der Waals surface area contributed by atoms with Gasteiger partial charge in [-0.25, -0.2) is 0 Å². The Balaban J connectivity index is 0.000000605. The summed E-state index contributed by atoms with van der Waals surface area (Å²) in [6.45, 7) is 0. The van der Waals surface area contributed by atoms with Crippen molar-refractivity contribution in [1.82, 2.24) is 9.97 Å². The van der Waals surface area contributed by atoms with Gasteiger partial charge in [-0.3, -0.25) is 9.97 Å². The van der Waals surface area contributed by atoms with Gasteiger partial charge in [-0.15, -0.1) is 0 Å². The summed E-state index contributed by atoms with van der Waals surface area (Å²) in [6.07, 6.45) is 5.33. The van der Waals surface area contributed by atoms with E-state index in [-0.39, 0.29) is 1.43 Å². The average Bonchev–Trinajstić information content (AvgIpc) is 2.05. The molecule has 2 aromatic rings. The Bertz CT molecular complexity index is 283. The number of hydrogen-bond donors (Lipinski definition) is 0. The predicted octanol–water partition coefficient (Wildman–Crippen LogP) is 1.74. The zero-order chi connectivity index (χ0) is 6.81. The smallest absolute Gasteiger partial charge is 0.264 e. The molecule has 2 heteroatoms. The minimum Gasteiger partial charge on any atom is -0.264 e. The van der Waals surface area contributed by atoms with Crippen molar-refractivity contribution in [2.24, 2.45) is 0 Å². The van der Waals surface area contributed by atoms with E-state index < -0.39 is 0 Å². The van der Waals surface area contributed by atoms with Gasteiger partial charge in [0.15, 0.2) is 0 Å². The summed E-state index contributed by atoms with van der Waals surface area (Å²) in [5, 5.41) is 1.09. The fourth-order valence-electron chi connectivity index (χ4n) is 0.915. The van der Waals surface area contributed by atoms with Crippen molar-refractivity contribution in [3.8, 4) is 0 Å². The van der Waals surface area contributed by atoms with Crippen LogP contribution in [0, 0.1) is 0 Å². The number of aromatic nitrogens is 2. The molecule has 2 nitrogen and oxygen atoms in total. The van der Waals surface area contributed by atoms with Gasteiger partial charge < -0.3 is 0 Å². The van der Waals surface area contributed by atoms with E-state index in [1.165, 1.54) is 0 Å². The van der Waals surface area contributed by atoms with E-state index in [0.29, 0.717) is 0 Å². The highest BCUT2D eigenvalue weighted by Gasteiger charge is 1.87. The molecule has 2 rings (SSSR count). The molecule has 0 unspecified atom stereocenters. The van der Waals surface area contributed by atoms with Gasteiger partial charge >= 0.3 is 1.43 Å². The average molecular weight is 131 g/mol. The first-order chi connectivity index (χ1) is 4.97. The SMILES string of the molecule is [H+].c1cnc2ccncc2c1. The molecule has 2 aromatic heterocycles. The number of fused-ring (bicyclic) bond motifs is 1.